The zero-order chi connectivity index (χ0) is 16.2. The third kappa shape index (κ3) is 4.61. The lowest BCUT2D eigenvalue weighted by Crippen LogP contribution is -3.13. The van der Waals surface area contributed by atoms with E-state index in [1.165, 1.54) is 6.07 Å². The topological polar surface area (TPSA) is 28.8 Å². The van der Waals surface area contributed by atoms with E-state index in [1.54, 1.807) is 4.90 Å². The summed E-state index contributed by atoms with van der Waals surface area (Å²) in [6, 6.07) is 3.19. The van der Waals surface area contributed by atoms with Crippen molar-refractivity contribution in [3.63, 3.8) is 0 Å². The average molecular weight is 335 g/mol. The van der Waals surface area contributed by atoms with Gasteiger partial charge < -0.3 is 4.90 Å². The summed E-state index contributed by atoms with van der Waals surface area (Å²) in [5, 5.41) is 4.46. The molecular formula is C15H20ClF3N3+. The van der Waals surface area contributed by atoms with Crippen molar-refractivity contribution >= 4 is 23.0 Å². The molecule has 22 heavy (non-hydrogen) atoms. The molecule has 0 amide bonds. The number of rotatable bonds is 4. The minimum atomic E-state index is -4.39. The van der Waals surface area contributed by atoms with E-state index in [0.29, 0.717) is 0 Å². The van der Waals surface area contributed by atoms with Crippen molar-refractivity contribution in [1.82, 2.24) is 0 Å². The molecule has 0 aliphatic carbocycles. The zero-order valence-electron chi connectivity index (χ0n) is 12.4. The summed E-state index contributed by atoms with van der Waals surface area (Å²) < 4.78 is 38.1. The predicted molar refractivity (Wildman–Crippen MR) is 82.6 cm³/mol. The van der Waals surface area contributed by atoms with Crippen molar-refractivity contribution in [2.45, 2.75) is 32.4 Å². The number of likely N-dealkylation sites (tertiary alicyclic amines) is 1. The summed E-state index contributed by atoms with van der Waals surface area (Å²) in [5.41, 5.74) is 3.12. The van der Waals surface area contributed by atoms with Crippen molar-refractivity contribution < 1.29 is 18.1 Å². The summed E-state index contributed by atoms with van der Waals surface area (Å²) in [6.45, 7) is 5.35. The van der Waals surface area contributed by atoms with E-state index in [2.05, 4.69) is 17.5 Å². The lowest BCUT2D eigenvalue weighted by Gasteiger charge is -2.24. The summed E-state index contributed by atoms with van der Waals surface area (Å²) in [4.78, 5) is 1.55. The minimum absolute atomic E-state index is 0.187. The van der Waals surface area contributed by atoms with E-state index < -0.39 is 11.7 Å². The lowest BCUT2D eigenvalue weighted by molar-refractivity contribution is -0.901. The molecular weight excluding hydrogens is 315 g/mol. The van der Waals surface area contributed by atoms with Gasteiger partial charge in [-0.25, -0.2) is 0 Å². The maximum absolute atomic E-state index is 12.7. The van der Waals surface area contributed by atoms with E-state index in [0.717, 1.165) is 56.7 Å². The van der Waals surface area contributed by atoms with Crippen LogP contribution in [0.2, 0.25) is 5.02 Å². The third-order valence-electron chi connectivity index (χ3n) is 3.77. The molecule has 0 saturated carbocycles. The largest absolute Gasteiger partial charge is 0.416 e. The quantitative estimate of drug-likeness (QED) is 0.813. The summed E-state index contributed by atoms with van der Waals surface area (Å²) in [7, 11) is 0. The summed E-state index contributed by atoms with van der Waals surface area (Å²) in [5.74, 6) is 0. The van der Waals surface area contributed by atoms with Gasteiger partial charge in [0.15, 0.2) is 0 Å². The standard InChI is InChI=1S/C15H19ClF3N3/c1-2-7-22-8-5-12(6-9-22)20-21-14-10-11(15(17,18)19)3-4-13(14)16/h3-4,10,21H,2,5-9H2,1H3/p+1. The Balaban J connectivity index is 2.01. The number of nitrogens with zero attached hydrogens (tertiary/aromatic N) is 1. The average Bonchev–Trinajstić information content (AvgIpc) is 2.47. The SMILES string of the molecule is CCC[NH+]1CCC(=NNc2cc(C(F)(F)F)ccc2Cl)CC1. The number of hydrazone groups is 1. The molecule has 1 aliphatic rings. The van der Waals surface area contributed by atoms with Crippen LogP contribution in [-0.2, 0) is 6.18 Å². The van der Waals surface area contributed by atoms with Gasteiger partial charge in [-0.05, 0) is 24.6 Å². The first-order valence-electron chi connectivity index (χ1n) is 7.42. The van der Waals surface area contributed by atoms with Gasteiger partial charge in [0.1, 0.15) is 0 Å². The molecule has 2 rings (SSSR count). The Morgan fingerprint density at radius 3 is 2.55 bits per heavy atom. The first-order valence-corrected chi connectivity index (χ1v) is 7.79. The zero-order valence-corrected chi connectivity index (χ0v) is 13.2. The molecule has 0 radical (unpaired) electrons. The number of nitrogens with one attached hydrogen (secondary N) is 2. The molecule has 0 bridgehead atoms. The van der Waals surface area contributed by atoms with Gasteiger partial charge in [0, 0.05) is 18.6 Å². The van der Waals surface area contributed by atoms with Crippen LogP contribution < -0.4 is 10.3 Å². The van der Waals surface area contributed by atoms with E-state index in [4.69, 9.17) is 11.6 Å². The molecule has 7 heteroatoms. The number of hydrogen-bond donors (Lipinski definition) is 2. The van der Waals surface area contributed by atoms with Crippen molar-refractivity contribution in [3.8, 4) is 0 Å². The Hall–Kier alpha value is -1.27. The Morgan fingerprint density at radius 2 is 1.95 bits per heavy atom. The van der Waals surface area contributed by atoms with Gasteiger partial charge in [0.2, 0.25) is 0 Å². The minimum Gasteiger partial charge on any atom is -0.334 e. The highest BCUT2D eigenvalue weighted by Crippen LogP contribution is 2.33. The Bertz CT molecular complexity index is 533. The van der Waals surface area contributed by atoms with E-state index in [-0.39, 0.29) is 10.7 Å². The second-order valence-corrected chi connectivity index (χ2v) is 5.89. The molecule has 1 saturated heterocycles. The van der Waals surface area contributed by atoms with Gasteiger partial charge in [0.25, 0.3) is 0 Å². The molecule has 1 aromatic carbocycles. The monoisotopic (exact) mass is 334 g/mol. The maximum Gasteiger partial charge on any atom is 0.416 e. The molecule has 122 valence electrons. The van der Waals surface area contributed by atoms with Gasteiger partial charge in [-0.1, -0.05) is 18.5 Å². The van der Waals surface area contributed by atoms with Crippen LogP contribution in [0.25, 0.3) is 0 Å². The molecule has 1 aromatic rings. The fraction of sp³-hybridized carbons (Fsp3) is 0.533. The van der Waals surface area contributed by atoms with E-state index >= 15 is 0 Å². The molecule has 0 unspecified atom stereocenters. The summed E-state index contributed by atoms with van der Waals surface area (Å²) in [6.07, 6.45) is -1.51. The van der Waals surface area contributed by atoms with Crippen molar-refractivity contribution in [2.75, 3.05) is 25.1 Å². The number of quaternary nitrogens is 1. The Kier molecular flexibility index (Phi) is 5.69. The normalized spacial score (nSPS) is 19.1. The smallest absolute Gasteiger partial charge is 0.334 e. The molecule has 1 heterocycles. The molecule has 1 fully saturated rings. The van der Waals surface area contributed by atoms with Gasteiger partial charge in [-0.3, -0.25) is 5.43 Å². The lowest BCUT2D eigenvalue weighted by atomic mass is 10.1. The highest BCUT2D eigenvalue weighted by Gasteiger charge is 2.31. The van der Waals surface area contributed by atoms with Gasteiger partial charge >= 0.3 is 6.18 Å². The van der Waals surface area contributed by atoms with Crippen LogP contribution in [0.4, 0.5) is 18.9 Å². The van der Waals surface area contributed by atoms with Gasteiger partial charge in [-0.15, -0.1) is 0 Å². The molecule has 0 atom stereocenters. The molecule has 2 N–H and O–H groups in total. The predicted octanol–water partition coefficient (Wildman–Crippen LogP) is 3.22. The second kappa shape index (κ2) is 7.33. The van der Waals surface area contributed by atoms with Crippen LogP contribution in [-0.4, -0.2) is 25.3 Å². The van der Waals surface area contributed by atoms with Crippen LogP contribution >= 0.6 is 11.6 Å². The van der Waals surface area contributed by atoms with Crippen LogP contribution in [0.15, 0.2) is 23.3 Å². The number of halogens is 4. The number of alkyl halides is 3. The highest BCUT2D eigenvalue weighted by molar-refractivity contribution is 6.33. The highest BCUT2D eigenvalue weighted by atomic mass is 35.5. The first-order chi connectivity index (χ1) is 10.4. The molecule has 1 aliphatic heterocycles. The molecule has 0 aromatic heterocycles. The van der Waals surface area contributed by atoms with Crippen LogP contribution in [0, 0.1) is 0 Å². The molecule has 3 nitrogen and oxygen atoms in total. The van der Waals surface area contributed by atoms with Crippen LogP contribution in [0.5, 0.6) is 0 Å². The molecule has 0 spiro atoms. The number of benzene rings is 1. The third-order valence-corrected chi connectivity index (χ3v) is 4.10. The van der Waals surface area contributed by atoms with E-state index in [9.17, 15) is 13.2 Å². The van der Waals surface area contributed by atoms with Crippen molar-refractivity contribution in [3.05, 3.63) is 28.8 Å². The van der Waals surface area contributed by atoms with Crippen LogP contribution in [0.3, 0.4) is 0 Å². The van der Waals surface area contributed by atoms with Gasteiger partial charge in [0.05, 0.1) is 35.9 Å². The maximum atomic E-state index is 12.7. The first kappa shape index (κ1) is 17.1. The number of piperidine rings is 1. The van der Waals surface area contributed by atoms with Crippen molar-refractivity contribution in [1.29, 1.82) is 0 Å². The van der Waals surface area contributed by atoms with E-state index in [1.807, 2.05) is 0 Å². The van der Waals surface area contributed by atoms with Crippen molar-refractivity contribution in [2.24, 2.45) is 5.10 Å². The van der Waals surface area contributed by atoms with Crippen LogP contribution in [0.1, 0.15) is 31.7 Å². The van der Waals surface area contributed by atoms with Gasteiger partial charge in [-0.2, -0.15) is 18.3 Å². The number of anilines is 1. The fourth-order valence-corrected chi connectivity index (χ4v) is 2.69. The second-order valence-electron chi connectivity index (χ2n) is 5.48. The Morgan fingerprint density at radius 1 is 1.27 bits per heavy atom. The fourth-order valence-electron chi connectivity index (χ4n) is 2.53. The summed E-state index contributed by atoms with van der Waals surface area (Å²) >= 11 is 5.93. The Labute approximate surface area is 133 Å². The number of hydrogen-bond acceptors (Lipinski definition) is 2.